The van der Waals surface area contributed by atoms with Crippen LogP contribution in [-0.2, 0) is 38.4 Å². The summed E-state index contributed by atoms with van der Waals surface area (Å²) < 4.78 is 76.3. The van der Waals surface area contributed by atoms with Crippen LogP contribution in [0.25, 0.3) is 22.7 Å². The lowest BCUT2D eigenvalue weighted by atomic mass is 10.2. The quantitative estimate of drug-likeness (QED) is 0.557. The van der Waals surface area contributed by atoms with E-state index in [-0.39, 0.29) is 38.9 Å². The molecule has 0 aliphatic rings. The van der Waals surface area contributed by atoms with E-state index in [9.17, 15) is 21.6 Å². The van der Waals surface area contributed by atoms with Crippen LogP contribution in [0, 0.1) is 0 Å². The van der Waals surface area contributed by atoms with Gasteiger partial charge in [-0.15, -0.1) is 0 Å². The molecule has 9 nitrogen and oxygen atoms in total. The molecule has 0 saturated carbocycles. The van der Waals surface area contributed by atoms with Crippen molar-refractivity contribution in [2.45, 2.75) is 23.9 Å². The fourth-order valence-corrected chi connectivity index (χ4v) is 4.01. The zero-order chi connectivity index (χ0) is 23.2. The highest BCUT2D eigenvalue weighted by Gasteiger charge is 2.33. The van der Waals surface area contributed by atoms with Gasteiger partial charge >= 0.3 is 6.18 Å². The van der Waals surface area contributed by atoms with E-state index >= 15 is 0 Å². The Morgan fingerprint density at radius 3 is 2.26 bits per heavy atom. The molecule has 0 fully saturated rings. The van der Waals surface area contributed by atoms with Gasteiger partial charge in [-0.3, -0.25) is 10.7 Å². The number of fused-ring (bicyclic) bond motifs is 1. The van der Waals surface area contributed by atoms with Crippen LogP contribution in [0.5, 0.6) is 0 Å². The van der Waals surface area contributed by atoms with Gasteiger partial charge in [0.05, 0.1) is 16.2 Å². The number of nitrogens with two attached hydrogens (primary N) is 1. The number of pyridine rings is 2. The average molecular weight is 459 g/mol. The van der Waals surface area contributed by atoms with Crippen LogP contribution in [-0.4, -0.2) is 47.9 Å². The summed E-state index contributed by atoms with van der Waals surface area (Å²) in [5.74, 6) is -1.99. The Morgan fingerprint density at radius 2 is 1.71 bits per heavy atom. The zero-order valence-electron chi connectivity index (χ0n) is 17.1. The Kier molecular flexibility index (Phi) is 5.82. The SMILES string of the molecule is CCS(=O)(=O)c1cc(C(N)(OC)OC)cnc1-c1nc2cc(C(F)(F)F)cnc2n1C. The van der Waals surface area contributed by atoms with Crippen molar-refractivity contribution >= 4 is 21.0 Å². The standard InChI is InChI=1S/C18H20F3N5O4S/c1-5-31(27,28)13-7-11(18(22,29-3)30-4)9-23-14(13)16-25-12-6-10(17(19,20)21)8-24-15(12)26(16)2/h6-9H,5,22H2,1-4H3. The van der Waals surface area contributed by atoms with Crippen molar-refractivity contribution in [3.8, 4) is 11.5 Å². The van der Waals surface area contributed by atoms with Gasteiger partial charge in [-0.2, -0.15) is 13.2 Å². The van der Waals surface area contributed by atoms with Gasteiger partial charge in [0.1, 0.15) is 11.2 Å². The van der Waals surface area contributed by atoms with Gasteiger partial charge in [0, 0.05) is 39.2 Å². The number of aryl methyl sites for hydroxylation is 1. The summed E-state index contributed by atoms with van der Waals surface area (Å²) in [4.78, 5) is 12.0. The number of nitrogens with zero attached hydrogens (tertiary/aromatic N) is 4. The summed E-state index contributed by atoms with van der Waals surface area (Å²) in [5.41, 5.74) is 5.17. The van der Waals surface area contributed by atoms with Crippen molar-refractivity contribution in [3.63, 3.8) is 0 Å². The highest BCUT2D eigenvalue weighted by atomic mass is 32.2. The number of imidazole rings is 1. The summed E-state index contributed by atoms with van der Waals surface area (Å²) in [6.07, 6.45) is -2.65. The molecule has 0 aromatic carbocycles. The minimum atomic E-state index is -4.60. The summed E-state index contributed by atoms with van der Waals surface area (Å²) in [7, 11) is 0.213. The third-order valence-corrected chi connectivity index (χ3v) is 6.57. The van der Waals surface area contributed by atoms with Crippen LogP contribution in [0.4, 0.5) is 13.2 Å². The molecular formula is C18H20F3N5O4S. The molecular weight excluding hydrogens is 439 g/mol. The number of halogens is 3. The molecule has 0 bridgehead atoms. The number of ether oxygens (including phenoxy) is 2. The van der Waals surface area contributed by atoms with Crippen molar-refractivity contribution < 1.29 is 31.1 Å². The Hall–Kier alpha value is -2.61. The van der Waals surface area contributed by atoms with Crippen molar-refractivity contribution in [2.75, 3.05) is 20.0 Å². The van der Waals surface area contributed by atoms with Crippen molar-refractivity contribution in [1.29, 1.82) is 0 Å². The van der Waals surface area contributed by atoms with Crippen LogP contribution >= 0.6 is 0 Å². The number of aromatic nitrogens is 4. The van der Waals surface area contributed by atoms with E-state index in [1.165, 1.54) is 45.0 Å². The fourth-order valence-electron chi connectivity index (χ4n) is 2.96. The first kappa shape index (κ1) is 23.1. The first-order chi connectivity index (χ1) is 14.4. The lowest BCUT2D eigenvalue weighted by Gasteiger charge is -2.26. The molecule has 0 unspecified atom stereocenters. The van der Waals surface area contributed by atoms with Gasteiger partial charge in [-0.1, -0.05) is 6.92 Å². The van der Waals surface area contributed by atoms with Gasteiger partial charge in [0.15, 0.2) is 21.3 Å². The van der Waals surface area contributed by atoms with Gasteiger partial charge in [0.25, 0.3) is 5.91 Å². The minimum Gasteiger partial charge on any atom is -0.337 e. The van der Waals surface area contributed by atoms with Gasteiger partial charge in [0.2, 0.25) is 0 Å². The molecule has 31 heavy (non-hydrogen) atoms. The second-order valence-electron chi connectivity index (χ2n) is 6.61. The highest BCUT2D eigenvalue weighted by molar-refractivity contribution is 7.91. The van der Waals surface area contributed by atoms with Gasteiger partial charge < -0.3 is 14.0 Å². The molecule has 0 saturated heterocycles. The van der Waals surface area contributed by atoms with Crippen LogP contribution in [0.2, 0.25) is 0 Å². The zero-order valence-corrected chi connectivity index (χ0v) is 17.9. The van der Waals surface area contributed by atoms with E-state index in [0.29, 0.717) is 6.20 Å². The van der Waals surface area contributed by atoms with Crippen molar-refractivity contribution in [3.05, 3.63) is 35.7 Å². The first-order valence-electron chi connectivity index (χ1n) is 8.90. The molecule has 3 aromatic heterocycles. The van der Waals surface area contributed by atoms with E-state index in [4.69, 9.17) is 15.2 Å². The van der Waals surface area contributed by atoms with Crippen LogP contribution in [0.15, 0.2) is 29.4 Å². The van der Waals surface area contributed by atoms with Gasteiger partial charge in [-0.05, 0) is 12.1 Å². The molecule has 0 radical (unpaired) electrons. The topological polar surface area (TPSA) is 122 Å². The monoisotopic (exact) mass is 459 g/mol. The Balaban J connectivity index is 2.29. The molecule has 168 valence electrons. The summed E-state index contributed by atoms with van der Waals surface area (Å²) in [5, 5.41) is 0. The molecule has 0 atom stereocenters. The van der Waals surface area contributed by atoms with Crippen LogP contribution in [0.1, 0.15) is 18.1 Å². The Bertz CT molecular complexity index is 1240. The smallest absolute Gasteiger partial charge is 0.337 e. The molecule has 3 heterocycles. The minimum absolute atomic E-state index is 0.0258. The fraction of sp³-hybridized carbons (Fsp3) is 0.389. The molecule has 3 aromatic rings. The first-order valence-corrected chi connectivity index (χ1v) is 10.6. The summed E-state index contributed by atoms with van der Waals surface area (Å²) in [6, 6.07) is 2.09. The maximum absolute atomic E-state index is 13.0. The number of rotatable bonds is 6. The molecule has 0 aliphatic heterocycles. The maximum atomic E-state index is 13.0. The van der Waals surface area contributed by atoms with E-state index in [1.807, 2.05) is 0 Å². The molecule has 0 spiro atoms. The average Bonchev–Trinajstić information content (AvgIpc) is 3.08. The maximum Gasteiger partial charge on any atom is 0.417 e. The summed E-state index contributed by atoms with van der Waals surface area (Å²) in [6.45, 7) is 1.44. The van der Waals surface area contributed by atoms with E-state index in [0.717, 1.165) is 6.07 Å². The molecule has 3 rings (SSSR count). The lowest BCUT2D eigenvalue weighted by Crippen LogP contribution is -2.40. The molecule has 0 aliphatic carbocycles. The number of alkyl halides is 3. The molecule has 0 amide bonds. The van der Waals surface area contributed by atoms with E-state index < -0.39 is 27.5 Å². The van der Waals surface area contributed by atoms with Crippen molar-refractivity contribution in [1.82, 2.24) is 19.5 Å². The predicted molar refractivity (Wildman–Crippen MR) is 104 cm³/mol. The second kappa shape index (κ2) is 7.82. The normalized spacial score (nSPS) is 13.2. The van der Waals surface area contributed by atoms with E-state index in [1.54, 1.807) is 0 Å². The highest BCUT2D eigenvalue weighted by Crippen LogP contribution is 2.33. The third-order valence-electron chi connectivity index (χ3n) is 4.82. The number of hydrogen-bond acceptors (Lipinski definition) is 8. The van der Waals surface area contributed by atoms with Crippen LogP contribution < -0.4 is 5.73 Å². The third kappa shape index (κ3) is 4.01. The predicted octanol–water partition coefficient (Wildman–Crippen LogP) is 2.20. The van der Waals surface area contributed by atoms with Crippen LogP contribution in [0.3, 0.4) is 0 Å². The Labute approximate surface area is 175 Å². The van der Waals surface area contributed by atoms with Crippen molar-refractivity contribution in [2.24, 2.45) is 12.8 Å². The number of methoxy groups -OCH3 is 2. The molecule has 13 heteroatoms. The number of hydrogen-bond donors (Lipinski definition) is 1. The lowest BCUT2D eigenvalue weighted by molar-refractivity contribution is -0.211. The van der Waals surface area contributed by atoms with E-state index in [2.05, 4.69) is 15.0 Å². The number of sulfone groups is 1. The largest absolute Gasteiger partial charge is 0.417 e. The van der Waals surface area contributed by atoms with Gasteiger partial charge in [-0.25, -0.2) is 18.4 Å². The second-order valence-corrected chi connectivity index (χ2v) is 8.86. The summed E-state index contributed by atoms with van der Waals surface area (Å²) >= 11 is 0. The Morgan fingerprint density at radius 1 is 1.10 bits per heavy atom. The molecule has 2 N–H and O–H groups in total.